The van der Waals surface area contributed by atoms with Crippen molar-refractivity contribution < 1.29 is 9.47 Å². The van der Waals surface area contributed by atoms with Crippen LogP contribution in [0.1, 0.15) is 30.5 Å². The molecule has 32 heavy (non-hydrogen) atoms. The van der Waals surface area contributed by atoms with Crippen LogP contribution in [0.15, 0.2) is 54.6 Å². The van der Waals surface area contributed by atoms with E-state index in [9.17, 15) is 0 Å². The number of nitrogens with zero attached hydrogens (tertiary/aromatic N) is 1. The Bertz CT molecular complexity index is 1260. The van der Waals surface area contributed by atoms with E-state index in [4.69, 9.17) is 21.1 Å². The molecule has 2 aliphatic heterocycles. The third-order valence-corrected chi connectivity index (χ3v) is 6.44. The maximum Gasteiger partial charge on any atom is 0.142 e. The van der Waals surface area contributed by atoms with Gasteiger partial charge in [0.1, 0.15) is 11.5 Å². The molecule has 0 radical (unpaired) electrons. The van der Waals surface area contributed by atoms with Crippen molar-refractivity contribution in [2.45, 2.75) is 32.9 Å². The van der Waals surface area contributed by atoms with Crippen LogP contribution in [0.4, 0.5) is 11.4 Å². The number of rotatable bonds is 4. The summed E-state index contributed by atoms with van der Waals surface area (Å²) in [4.78, 5) is 2.36. The van der Waals surface area contributed by atoms with E-state index < -0.39 is 0 Å². The fourth-order valence-electron chi connectivity index (χ4n) is 4.83. The van der Waals surface area contributed by atoms with Gasteiger partial charge in [0.2, 0.25) is 0 Å². The second-order valence-corrected chi connectivity index (χ2v) is 9.43. The first-order valence-electron chi connectivity index (χ1n) is 10.7. The molecule has 3 aromatic rings. The van der Waals surface area contributed by atoms with Crippen molar-refractivity contribution in [3.8, 4) is 22.6 Å². The number of hydrogen-bond donors (Lipinski definition) is 1. The van der Waals surface area contributed by atoms with Crippen molar-refractivity contribution in [2.75, 3.05) is 24.4 Å². The molecule has 0 aliphatic carbocycles. The molecule has 0 saturated heterocycles. The van der Waals surface area contributed by atoms with Crippen LogP contribution in [0.5, 0.6) is 11.5 Å². The van der Waals surface area contributed by atoms with E-state index in [1.54, 1.807) is 14.2 Å². The summed E-state index contributed by atoms with van der Waals surface area (Å²) >= 11 is 6.39. The molecule has 0 spiro atoms. The molecule has 2 heterocycles. The molecule has 0 atom stereocenters. The third kappa shape index (κ3) is 3.30. The molecule has 0 fully saturated rings. The maximum atomic E-state index is 6.39. The molecule has 0 saturated carbocycles. The molecule has 2 aliphatic rings. The average molecular weight is 447 g/mol. The Morgan fingerprint density at radius 3 is 2.44 bits per heavy atom. The van der Waals surface area contributed by atoms with Gasteiger partial charge in [-0.2, -0.15) is 0 Å². The monoisotopic (exact) mass is 446 g/mol. The topological polar surface area (TPSA) is 33.7 Å². The molecule has 0 bridgehead atoms. The van der Waals surface area contributed by atoms with E-state index >= 15 is 0 Å². The third-order valence-electron chi connectivity index (χ3n) is 6.21. The molecule has 0 aromatic heterocycles. The summed E-state index contributed by atoms with van der Waals surface area (Å²) in [7, 11) is 3.43. The maximum absolute atomic E-state index is 6.39. The molecule has 4 nitrogen and oxygen atoms in total. The molecule has 3 aromatic carbocycles. The molecular formula is C27H27ClN2O2. The summed E-state index contributed by atoms with van der Waals surface area (Å²) in [6.45, 7) is 7.24. The van der Waals surface area contributed by atoms with Crippen LogP contribution < -0.4 is 19.7 Å². The molecule has 5 rings (SSSR count). The van der Waals surface area contributed by atoms with Crippen molar-refractivity contribution in [3.05, 3.63) is 76.3 Å². The predicted octanol–water partition coefficient (Wildman–Crippen LogP) is 6.90. The van der Waals surface area contributed by atoms with Gasteiger partial charge >= 0.3 is 0 Å². The van der Waals surface area contributed by atoms with Crippen molar-refractivity contribution in [1.29, 1.82) is 0 Å². The van der Waals surface area contributed by atoms with E-state index in [2.05, 4.69) is 61.3 Å². The molecule has 0 amide bonds. The lowest BCUT2D eigenvalue weighted by atomic mass is 9.89. The summed E-state index contributed by atoms with van der Waals surface area (Å²) in [6.07, 6.45) is 2.31. The van der Waals surface area contributed by atoms with E-state index in [-0.39, 0.29) is 5.54 Å². The van der Waals surface area contributed by atoms with Gasteiger partial charge in [0.25, 0.3) is 0 Å². The zero-order valence-electron chi connectivity index (χ0n) is 19.0. The van der Waals surface area contributed by atoms with Gasteiger partial charge in [-0.25, -0.2) is 0 Å². The van der Waals surface area contributed by atoms with Gasteiger partial charge in [0.05, 0.1) is 25.4 Å². The van der Waals surface area contributed by atoms with Gasteiger partial charge in [-0.3, -0.25) is 0 Å². The highest BCUT2D eigenvalue weighted by molar-refractivity contribution is 6.31. The van der Waals surface area contributed by atoms with Gasteiger partial charge in [0.15, 0.2) is 0 Å². The largest absolute Gasteiger partial charge is 0.496 e. The van der Waals surface area contributed by atoms with Crippen molar-refractivity contribution >= 4 is 28.7 Å². The van der Waals surface area contributed by atoms with Gasteiger partial charge in [0, 0.05) is 34.1 Å². The number of hydrogen-bond acceptors (Lipinski definition) is 4. The summed E-state index contributed by atoms with van der Waals surface area (Å²) in [5.41, 5.74) is 9.05. The average Bonchev–Trinajstić information content (AvgIpc) is 3.13. The summed E-state index contributed by atoms with van der Waals surface area (Å²) in [6, 6.07) is 16.4. The first-order valence-corrected chi connectivity index (χ1v) is 11.1. The lowest BCUT2D eigenvalue weighted by Gasteiger charge is -2.33. The van der Waals surface area contributed by atoms with Crippen LogP contribution in [0.2, 0.25) is 5.02 Å². The number of ether oxygens (including phenoxy) is 2. The summed E-state index contributed by atoms with van der Waals surface area (Å²) < 4.78 is 11.4. The Morgan fingerprint density at radius 1 is 0.938 bits per heavy atom. The number of anilines is 2. The minimum absolute atomic E-state index is 0.172. The van der Waals surface area contributed by atoms with Crippen LogP contribution >= 0.6 is 11.6 Å². The Morgan fingerprint density at radius 2 is 1.69 bits per heavy atom. The Balaban J connectivity index is 1.75. The van der Waals surface area contributed by atoms with E-state index in [0.29, 0.717) is 5.02 Å². The zero-order valence-corrected chi connectivity index (χ0v) is 19.8. The second kappa shape index (κ2) is 7.49. The minimum Gasteiger partial charge on any atom is -0.496 e. The molecule has 1 N–H and O–H groups in total. The molecule has 164 valence electrons. The Labute approximate surface area is 194 Å². The lowest BCUT2D eigenvalue weighted by molar-refractivity contribution is 0.415. The van der Waals surface area contributed by atoms with Crippen LogP contribution in [0, 0.1) is 6.92 Å². The van der Waals surface area contributed by atoms with Crippen LogP contribution in [0.25, 0.3) is 16.8 Å². The standard InChI is InChI=1S/C27H27ClN2O2/c1-16-6-10-25(32-5)22(12-16)30-15-20-18(19-13-17(28)7-11-24(19)31-4)8-9-21-26(20)23(30)14-27(2,3)29-21/h6-14,29H,15H2,1-5H3. The fraction of sp³-hybridized carbons (Fsp3) is 0.259. The SMILES string of the molecule is COc1ccc(Cl)cc1-c1ccc2c3c1CN(c1cc(C)ccc1OC)C3=CC(C)(C)N2. The highest BCUT2D eigenvalue weighted by atomic mass is 35.5. The first-order chi connectivity index (χ1) is 15.3. The van der Waals surface area contributed by atoms with Gasteiger partial charge in [-0.05, 0) is 79.9 Å². The zero-order chi connectivity index (χ0) is 22.6. The molecular weight excluding hydrogens is 420 g/mol. The van der Waals surface area contributed by atoms with Crippen molar-refractivity contribution in [2.24, 2.45) is 0 Å². The summed E-state index contributed by atoms with van der Waals surface area (Å²) in [5.74, 6) is 1.68. The number of aryl methyl sites for hydroxylation is 1. The van der Waals surface area contributed by atoms with E-state index in [0.717, 1.165) is 40.5 Å². The number of nitrogens with one attached hydrogen (secondary N) is 1. The van der Waals surface area contributed by atoms with Crippen LogP contribution in [-0.4, -0.2) is 19.8 Å². The molecule has 5 heteroatoms. The first kappa shape index (κ1) is 20.8. The predicted molar refractivity (Wildman–Crippen MR) is 133 cm³/mol. The van der Waals surface area contributed by atoms with Crippen molar-refractivity contribution in [1.82, 2.24) is 0 Å². The van der Waals surface area contributed by atoms with Gasteiger partial charge in [-0.15, -0.1) is 0 Å². The quantitative estimate of drug-likeness (QED) is 0.472. The minimum atomic E-state index is -0.172. The van der Waals surface area contributed by atoms with E-state index in [1.807, 2.05) is 24.3 Å². The molecule has 0 unspecified atom stereocenters. The van der Waals surface area contributed by atoms with Crippen LogP contribution in [0.3, 0.4) is 0 Å². The van der Waals surface area contributed by atoms with Gasteiger partial charge in [-0.1, -0.05) is 23.7 Å². The highest BCUT2D eigenvalue weighted by Gasteiger charge is 2.37. The van der Waals surface area contributed by atoms with Crippen LogP contribution in [-0.2, 0) is 6.54 Å². The second-order valence-electron chi connectivity index (χ2n) is 9.00. The Hall–Kier alpha value is -3.11. The fourth-order valence-corrected chi connectivity index (χ4v) is 5.00. The number of halogens is 1. The smallest absolute Gasteiger partial charge is 0.142 e. The highest BCUT2D eigenvalue weighted by Crippen LogP contribution is 2.51. The normalized spacial score (nSPS) is 15.7. The lowest BCUT2D eigenvalue weighted by Crippen LogP contribution is -2.33. The number of methoxy groups -OCH3 is 2. The Kier molecular flexibility index (Phi) is 4.86. The summed E-state index contributed by atoms with van der Waals surface area (Å²) in [5, 5.41) is 4.38. The van der Waals surface area contributed by atoms with Crippen molar-refractivity contribution in [3.63, 3.8) is 0 Å². The van der Waals surface area contributed by atoms with Gasteiger partial charge < -0.3 is 19.7 Å². The van der Waals surface area contributed by atoms with E-state index in [1.165, 1.54) is 22.4 Å². The number of benzene rings is 3.